The van der Waals surface area contributed by atoms with E-state index in [1.54, 1.807) is 0 Å². The maximum Gasteiger partial charge on any atom is 0.223 e. The maximum atomic E-state index is 12.3. The predicted molar refractivity (Wildman–Crippen MR) is 66.5 cm³/mol. The molecule has 0 bridgehead atoms. The van der Waals surface area contributed by atoms with Crippen molar-refractivity contribution in [1.82, 2.24) is 5.32 Å². The second-order valence-corrected chi connectivity index (χ2v) is 5.70. The molecule has 3 N–H and O–H groups in total. The summed E-state index contributed by atoms with van der Waals surface area (Å²) in [4.78, 5) is 12.3. The average molecular weight is 240 g/mol. The summed E-state index contributed by atoms with van der Waals surface area (Å²) in [6.45, 7) is 4.27. The van der Waals surface area contributed by atoms with Crippen LogP contribution in [0.5, 0.6) is 0 Å². The van der Waals surface area contributed by atoms with Crippen LogP contribution in [0.25, 0.3) is 0 Å². The van der Waals surface area contributed by atoms with E-state index in [0.717, 1.165) is 45.3 Å². The molecule has 0 aromatic heterocycles. The number of nitrogens with one attached hydrogen (secondary N) is 1. The van der Waals surface area contributed by atoms with Gasteiger partial charge in [-0.25, -0.2) is 0 Å². The molecule has 4 nitrogen and oxygen atoms in total. The van der Waals surface area contributed by atoms with Gasteiger partial charge in [0.1, 0.15) is 0 Å². The summed E-state index contributed by atoms with van der Waals surface area (Å²) >= 11 is 0. The Morgan fingerprint density at radius 1 is 1.41 bits per heavy atom. The van der Waals surface area contributed by atoms with Gasteiger partial charge in [0, 0.05) is 24.7 Å². The highest BCUT2D eigenvalue weighted by Gasteiger charge is 2.36. The first-order valence-electron chi connectivity index (χ1n) is 6.74. The van der Waals surface area contributed by atoms with Crippen molar-refractivity contribution in [2.45, 2.75) is 44.6 Å². The summed E-state index contributed by atoms with van der Waals surface area (Å²) in [7, 11) is 0. The van der Waals surface area contributed by atoms with E-state index in [2.05, 4.69) is 12.2 Å². The molecule has 1 amide bonds. The van der Waals surface area contributed by atoms with Gasteiger partial charge in [0.25, 0.3) is 0 Å². The van der Waals surface area contributed by atoms with Gasteiger partial charge < -0.3 is 15.8 Å². The molecule has 2 rings (SSSR count). The third-order valence-corrected chi connectivity index (χ3v) is 4.32. The molecular weight excluding hydrogens is 216 g/mol. The molecule has 2 atom stereocenters. The average Bonchev–Trinajstić information content (AvgIpc) is 2.77. The minimum absolute atomic E-state index is 0.0723. The monoisotopic (exact) mass is 240 g/mol. The van der Waals surface area contributed by atoms with E-state index >= 15 is 0 Å². The quantitative estimate of drug-likeness (QED) is 0.775. The van der Waals surface area contributed by atoms with E-state index in [0.29, 0.717) is 12.5 Å². The maximum absolute atomic E-state index is 12.3. The summed E-state index contributed by atoms with van der Waals surface area (Å²) in [5, 5.41) is 3.23. The van der Waals surface area contributed by atoms with Gasteiger partial charge in [-0.15, -0.1) is 0 Å². The van der Waals surface area contributed by atoms with Gasteiger partial charge in [-0.3, -0.25) is 4.79 Å². The van der Waals surface area contributed by atoms with Crippen molar-refractivity contribution in [3.05, 3.63) is 0 Å². The zero-order valence-corrected chi connectivity index (χ0v) is 10.7. The van der Waals surface area contributed by atoms with Gasteiger partial charge in [-0.05, 0) is 45.1 Å². The standard InChI is InChI=1S/C13H24N2O2/c1-13(5-7-17-8-6-13)15-12(16)11-4-2-3-10(11)9-14/h10-11H,2-9,14H2,1H3,(H,15,16). The van der Waals surface area contributed by atoms with Crippen LogP contribution in [-0.4, -0.2) is 31.2 Å². The van der Waals surface area contributed by atoms with Crippen molar-refractivity contribution < 1.29 is 9.53 Å². The Bertz CT molecular complexity index is 275. The topological polar surface area (TPSA) is 64.4 Å². The smallest absolute Gasteiger partial charge is 0.223 e. The SMILES string of the molecule is CC1(NC(=O)C2CCCC2CN)CCOCC1. The third kappa shape index (κ3) is 2.99. The number of nitrogens with two attached hydrogens (primary N) is 1. The third-order valence-electron chi connectivity index (χ3n) is 4.32. The van der Waals surface area contributed by atoms with Gasteiger partial charge in [0.2, 0.25) is 5.91 Å². The molecule has 2 aliphatic rings. The lowest BCUT2D eigenvalue weighted by Crippen LogP contribution is -2.52. The predicted octanol–water partition coefficient (Wildman–Crippen LogP) is 1.05. The van der Waals surface area contributed by atoms with Crippen molar-refractivity contribution in [3.8, 4) is 0 Å². The van der Waals surface area contributed by atoms with Crippen molar-refractivity contribution in [2.24, 2.45) is 17.6 Å². The Morgan fingerprint density at radius 3 is 2.76 bits per heavy atom. The fourth-order valence-electron chi connectivity index (χ4n) is 3.00. The molecule has 17 heavy (non-hydrogen) atoms. The molecule has 0 aromatic carbocycles. The minimum atomic E-state index is -0.0723. The van der Waals surface area contributed by atoms with E-state index in [1.807, 2.05) is 0 Å². The minimum Gasteiger partial charge on any atom is -0.381 e. The van der Waals surface area contributed by atoms with Crippen LogP contribution in [0.15, 0.2) is 0 Å². The van der Waals surface area contributed by atoms with Crippen LogP contribution in [0.2, 0.25) is 0 Å². The molecule has 2 fully saturated rings. The van der Waals surface area contributed by atoms with Crippen LogP contribution < -0.4 is 11.1 Å². The van der Waals surface area contributed by atoms with Gasteiger partial charge >= 0.3 is 0 Å². The fraction of sp³-hybridized carbons (Fsp3) is 0.923. The van der Waals surface area contributed by atoms with Crippen molar-refractivity contribution in [2.75, 3.05) is 19.8 Å². The Kier molecular flexibility index (Phi) is 4.05. The Hall–Kier alpha value is -0.610. The van der Waals surface area contributed by atoms with E-state index < -0.39 is 0 Å². The molecule has 1 aliphatic heterocycles. The lowest BCUT2D eigenvalue weighted by molar-refractivity contribution is -0.128. The van der Waals surface area contributed by atoms with Gasteiger partial charge in [-0.1, -0.05) is 6.42 Å². The number of hydrogen-bond donors (Lipinski definition) is 2. The molecule has 1 saturated heterocycles. The normalized spacial score (nSPS) is 32.4. The van der Waals surface area contributed by atoms with Crippen LogP contribution >= 0.6 is 0 Å². The summed E-state index contributed by atoms with van der Waals surface area (Å²) in [6, 6.07) is 0. The lowest BCUT2D eigenvalue weighted by Gasteiger charge is -2.36. The van der Waals surface area contributed by atoms with Crippen LogP contribution in [0.1, 0.15) is 39.0 Å². The van der Waals surface area contributed by atoms with E-state index in [1.165, 1.54) is 0 Å². The summed E-state index contributed by atoms with van der Waals surface area (Å²) < 4.78 is 5.34. The van der Waals surface area contributed by atoms with Crippen LogP contribution in [0.3, 0.4) is 0 Å². The Morgan fingerprint density at radius 2 is 2.12 bits per heavy atom. The highest BCUT2D eigenvalue weighted by molar-refractivity contribution is 5.80. The molecule has 1 saturated carbocycles. The number of hydrogen-bond acceptors (Lipinski definition) is 3. The second-order valence-electron chi connectivity index (χ2n) is 5.70. The first-order chi connectivity index (χ1) is 8.14. The second kappa shape index (κ2) is 5.36. The van der Waals surface area contributed by atoms with E-state index in [4.69, 9.17) is 10.5 Å². The van der Waals surface area contributed by atoms with Crippen LogP contribution in [-0.2, 0) is 9.53 Å². The van der Waals surface area contributed by atoms with Crippen molar-refractivity contribution >= 4 is 5.91 Å². The zero-order chi connectivity index (χ0) is 12.3. The largest absolute Gasteiger partial charge is 0.381 e. The Labute approximate surface area is 103 Å². The molecule has 0 aromatic rings. The number of ether oxygens (including phenoxy) is 1. The van der Waals surface area contributed by atoms with Gasteiger partial charge in [0.15, 0.2) is 0 Å². The molecule has 98 valence electrons. The first kappa shape index (κ1) is 12.8. The molecule has 0 radical (unpaired) electrons. The van der Waals surface area contributed by atoms with Gasteiger partial charge in [0.05, 0.1) is 0 Å². The first-order valence-corrected chi connectivity index (χ1v) is 6.74. The zero-order valence-electron chi connectivity index (χ0n) is 10.7. The fourth-order valence-corrected chi connectivity index (χ4v) is 3.00. The Balaban J connectivity index is 1.91. The lowest BCUT2D eigenvalue weighted by atomic mass is 9.89. The van der Waals surface area contributed by atoms with Gasteiger partial charge in [-0.2, -0.15) is 0 Å². The van der Waals surface area contributed by atoms with E-state index in [9.17, 15) is 4.79 Å². The highest BCUT2D eigenvalue weighted by Crippen LogP contribution is 2.32. The van der Waals surface area contributed by atoms with Crippen molar-refractivity contribution in [1.29, 1.82) is 0 Å². The molecule has 1 heterocycles. The highest BCUT2D eigenvalue weighted by atomic mass is 16.5. The molecule has 2 unspecified atom stereocenters. The van der Waals surface area contributed by atoms with Crippen LogP contribution in [0.4, 0.5) is 0 Å². The van der Waals surface area contributed by atoms with Crippen LogP contribution in [0, 0.1) is 11.8 Å². The molecule has 4 heteroatoms. The number of rotatable bonds is 3. The van der Waals surface area contributed by atoms with E-state index in [-0.39, 0.29) is 17.4 Å². The number of amides is 1. The van der Waals surface area contributed by atoms with Crippen molar-refractivity contribution in [3.63, 3.8) is 0 Å². The number of carbonyl (C=O) groups excluding carboxylic acids is 1. The summed E-state index contributed by atoms with van der Waals surface area (Å²) in [6.07, 6.45) is 5.08. The molecular formula is C13H24N2O2. The summed E-state index contributed by atoms with van der Waals surface area (Å²) in [5.41, 5.74) is 5.66. The number of carbonyl (C=O) groups is 1. The molecule has 1 aliphatic carbocycles. The summed E-state index contributed by atoms with van der Waals surface area (Å²) in [5.74, 6) is 0.737. The molecule has 0 spiro atoms.